The normalized spacial score (nSPS) is 17.8. The summed E-state index contributed by atoms with van der Waals surface area (Å²) in [7, 11) is 0. The van der Waals surface area contributed by atoms with E-state index in [1.807, 2.05) is 22.6 Å². The van der Waals surface area contributed by atoms with Crippen molar-refractivity contribution in [3.63, 3.8) is 0 Å². The standard InChI is InChI=1S/C13H17FINO/c14-10-7-13(12(16)8-11(10)15)17-9-5-3-1-2-4-6-9/h7-9H,1-6,16H2. The average molecular weight is 349 g/mol. The summed E-state index contributed by atoms with van der Waals surface area (Å²) < 4.78 is 19.8. The van der Waals surface area contributed by atoms with Gasteiger partial charge in [-0.2, -0.15) is 0 Å². The summed E-state index contributed by atoms with van der Waals surface area (Å²) in [5, 5.41) is 0. The van der Waals surface area contributed by atoms with E-state index in [0.29, 0.717) is 15.0 Å². The maximum absolute atomic E-state index is 13.5. The molecule has 0 unspecified atom stereocenters. The Morgan fingerprint density at radius 3 is 2.47 bits per heavy atom. The Labute approximate surface area is 115 Å². The van der Waals surface area contributed by atoms with Crippen molar-refractivity contribution >= 4 is 28.3 Å². The molecule has 1 saturated carbocycles. The minimum Gasteiger partial charge on any atom is -0.488 e. The second kappa shape index (κ2) is 5.89. The predicted octanol–water partition coefficient (Wildman–Crippen LogP) is 4.11. The zero-order valence-corrected chi connectivity index (χ0v) is 11.9. The maximum atomic E-state index is 13.5. The summed E-state index contributed by atoms with van der Waals surface area (Å²) in [5.41, 5.74) is 6.38. The van der Waals surface area contributed by atoms with Crippen LogP contribution >= 0.6 is 22.6 Å². The van der Waals surface area contributed by atoms with Crippen molar-refractivity contribution in [1.82, 2.24) is 0 Å². The van der Waals surface area contributed by atoms with Crippen molar-refractivity contribution in [2.24, 2.45) is 0 Å². The van der Waals surface area contributed by atoms with Crippen LogP contribution in [-0.4, -0.2) is 6.10 Å². The molecule has 2 rings (SSSR count). The molecule has 2 nitrogen and oxygen atoms in total. The Hall–Kier alpha value is -0.520. The van der Waals surface area contributed by atoms with Crippen LogP contribution in [0, 0.1) is 9.39 Å². The molecule has 0 bridgehead atoms. The predicted molar refractivity (Wildman–Crippen MR) is 75.6 cm³/mol. The minimum absolute atomic E-state index is 0.194. The highest BCUT2D eigenvalue weighted by Gasteiger charge is 2.16. The molecule has 0 amide bonds. The third kappa shape index (κ3) is 3.47. The van der Waals surface area contributed by atoms with E-state index < -0.39 is 0 Å². The van der Waals surface area contributed by atoms with Gasteiger partial charge in [-0.25, -0.2) is 4.39 Å². The van der Waals surface area contributed by atoms with Gasteiger partial charge in [0.25, 0.3) is 0 Å². The Bertz CT molecular complexity index is 389. The molecule has 0 spiro atoms. The largest absolute Gasteiger partial charge is 0.488 e. The molecule has 0 aromatic heterocycles. The first-order valence-electron chi connectivity index (χ1n) is 6.08. The molecule has 17 heavy (non-hydrogen) atoms. The minimum atomic E-state index is -0.261. The van der Waals surface area contributed by atoms with Crippen LogP contribution in [0.15, 0.2) is 12.1 Å². The Morgan fingerprint density at radius 1 is 1.18 bits per heavy atom. The second-order valence-corrected chi connectivity index (χ2v) is 5.70. The fourth-order valence-corrected chi connectivity index (χ4v) is 2.68. The molecule has 0 aliphatic heterocycles. The SMILES string of the molecule is Nc1cc(I)c(F)cc1OC1CCCCCC1. The van der Waals surface area contributed by atoms with Gasteiger partial charge < -0.3 is 10.5 Å². The molecule has 2 N–H and O–H groups in total. The van der Waals surface area contributed by atoms with Gasteiger partial charge in [-0.05, 0) is 54.3 Å². The van der Waals surface area contributed by atoms with Gasteiger partial charge >= 0.3 is 0 Å². The third-order valence-corrected chi connectivity index (χ3v) is 3.98. The molecule has 1 aromatic carbocycles. The lowest BCUT2D eigenvalue weighted by Gasteiger charge is -2.18. The van der Waals surface area contributed by atoms with Gasteiger partial charge in [0.2, 0.25) is 0 Å². The van der Waals surface area contributed by atoms with Crippen LogP contribution < -0.4 is 10.5 Å². The van der Waals surface area contributed by atoms with Crippen molar-refractivity contribution in [2.45, 2.75) is 44.6 Å². The topological polar surface area (TPSA) is 35.2 Å². The van der Waals surface area contributed by atoms with E-state index in [1.165, 1.54) is 31.7 Å². The molecule has 0 radical (unpaired) electrons. The van der Waals surface area contributed by atoms with Crippen LogP contribution in [0.4, 0.5) is 10.1 Å². The van der Waals surface area contributed by atoms with Crippen molar-refractivity contribution < 1.29 is 9.13 Å². The van der Waals surface area contributed by atoms with Gasteiger partial charge in [0.1, 0.15) is 11.6 Å². The second-order valence-electron chi connectivity index (χ2n) is 4.54. The lowest BCUT2D eigenvalue weighted by atomic mass is 10.1. The number of hydrogen-bond donors (Lipinski definition) is 1. The fourth-order valence-electron chi connectivity index (χ4n) is 2.19. The van der Waals surface area contributed by atoms with E-state index in [0.717, 1.165) is 12.8 Å². The molecule has 1 aromatic rings. The van der Waals surface area contributed by atoms with Gasteiger partial charge in [0.05, 0.1) is 15.4 Å². The zero-order valence-electron chi connectivity index (χ0n) is 9.72. The number of nitrogens with two attached hydrogens (primary N) is 1. The summed E-state index contributed by atoms with van der Waals surface area (Å²) in [5.74, 6) is 0.234. The smallest absolute Gasteiger partial charge is 0.145 e. The number of ether oxygens (including phenoxy) is 1. The summed E-state index contributed by atoms with van der Waals surface area (Å²) in [4.78, 5) is 0. The van der Waals surface area contributed by atoms with E-state index in [1.54, 1.807) is 6.07 Å². The Kier molecular flexibility index (Phi) is 4.48. The molecule has 0 saturated heterocycles. The molecule has 1 aliphatic rings. The van der Waals surface area contributed by atoms with E-state index in [2.05, 4.69) is 0 Å². The molecule has 0 atom stereocenters. The fraction of sp³-hybridized carbons (Fsp3) is 0.538. The molecule has 0 heterocycles. The van der Waals surface area contributed by atoms with Crippen LogP contribution in [0.1, 0.15) is 38.5 Å². The number of benzene rings is 1. The lowest BCUT2D eigenvalue weighted by molar-refractivity contribution is 0.184. The number of halogens is 2. The quantitative estimate of drug-likeness (QED) is 0.495. The van der Waals surface area contributed by atoms with Crippen LogP contribution in [0.5, 0.6) is 5.75 Å². The van der Waals surface area contributed by atoms with Crippen LogP contribution in [-0.2, 0) is 0 Å². The van der Waals surface area contributed by atoms with Gasteiger partial charge in [-0.3, -0.25) is 0 Å². The first-order chi connectivity index (χ1) is 8.16. The van der Waals surface area contributed by atoms with Crippen molar-refractivity contribution in [3.05, 3.63) is 21.5 Å². The van der Waals surface area contributed by atoms with Crippen LogP contribution in [0.2, 0.25) is 0 Å². The highest BCUT2D eigenvalue weighted by Crippen LogP contribution is 2.29. The van der Waals surface area contributed by atoms with E-state index in [4.69, 9.17) is 10.5 Å². The van der Waals surface area contributed by atoms with Gasteiger partial charge in [0.15, 0.2) is 0 Å². The maximum Gasteiger partial charge on any atom is 0.145 e. The molecule has 1 fully saturated rings. The third-order valence-electron chi connectivity index (χ3n) is 3.15. The van der Waals surface area contributed by atoms with E-state index in [-0.39, 0.29) is 11.9 Å². The van der Waals surface area contributed by atoms with Crippen LogP contribution in [0.25, 0.3) is 0 Å². The Morgan fingerprint density at radius 2 is 1.82 bits per heavy atom. The first kappa shape index (κ1) is 12.9. The lowest BCUT2D eigenvalue weighted by Crippen LogP contribution is -2.16. The summed E-state index contributed by atoms with van der Waals surface area (Å²) in [6.45, 7) is 0. The van der Waals surface area contributed by atoms with Gasteiger partial charge in [-0.1, -0.05) is 12.8 Å². The highest BCUT2D eigenvalue weighted by molar-refractivity contribution is 14.1. The molecule has 94 valence electrons. The highest BCUT2D eigenvalue weighted by atomic mass is 127. The average Bonchev–Trinajstić information content (AvgIpc) is 2.54. The van der Waals surface area contributed by atoms with Crippen molar-refractivity contribution in [1.29, 1.82) is 0 Å². The van der Waals surface area contributed by atoms with Gasteiger partial charge in [0, 0.05) is 6.07 Å². The van der Waals surface area contributed by atoms with Gasteiger partial charge in [-0.15, -0.1) is 0 Å². The number of anilines is 1. The van der Waals surface area contributed by atoms with Crippen molar-refractivity contribution in [2.75, 3.05) is 5.73 Å². The summed E-state index contributed by atoms with van der Waals surface area (Å²) in [6.07, 6.45) is 7.22. The number of hydrogen-bond acceptors (Lipinski definition) is 2. The molecule has 1 aliphatic carbocycles. The van der Waals surface area contributed by atoms with E-state index in [9.17, 15) is 4.39 Å². The summed E-state index contributed by atoms with van der Waals surface area (Å²) >= 11 is 1.93. The first-order valence-corrected chi connectivity index (χ1v) is 7.16. The van der Waals surface area contributed by atoms with Crippen molar-refractivity contribution in [3.8, 4) is 5.75 Å². The zero-order chi connectivity index (χ0) is 12.3. The monoisotopic (exact) mass is 349 g/mol. The molecule has 4 heteroatoms. The molecular weight excluding hydrogens is 332 g/mol. The number of rotatable bonds is 2. The van der Waals surface area contributed by atoms with Crippen LogP contribution in [0.3, 0.4) is 0 Å². The Balaban J connectivity index is 2.09. The van der Waals surface area contributed by atoms with E-state index >= 15 is 0 Å². The summed E-state index contributed by atoms with van der Waals surface area (Å²) in [6, 6.07) is 3.03. The molecular formula is C13H17FINO. The number of nitrogen functional groups attached to an aromatic ring is 1.